The number of rotatable bonds is 9. The molecule has 2 aromatic carbocycles. The molecule has 0 bridgehead atoms. The van der Waals surface area contributed by atoms with Gasteiger partial charge in [0.1, 0.15) is 5.82 Å². The number of halogens is 2. The number of anilines is 3. The average molecular weight is 511 g/mol. The van der Waals surface area contributed by atoms with Crippen LogP contribution in [-0.4, -0.2) is 72.1 Å². The number of piperazine rings is 1. The molecular weight excluding hydrogens is 478 g/mol. The minimum absolute atomic E-state index is 0.197. The van der Waals surface area contributed by atoms with Gasteiger partial charge in [-0.2, -0.15) is 0 Å². The molecule has 2 heterocycles. The van der Waals surface area contributed by atoms with E-state index in [1.54, 1.807) is 26.0 Å². The molecule has 1 fully saturated rings. The zero-order valence-electron chi connectivity index (χ0n) is 21.4. The van der Waals surface area contributed by atoms with E-state index in [1.807, 2.05) is 0 Å². The number of ether oxygens (including phenoxy) is 1. The van der Waals surface area contributed by atoms with E-state index >= 15 is 0 Å². The van der Waals surface area contributed by atoms with E-state index < -0.39 is 11.7 Å². The Bertz CT molecular complexity index is 1210. The average Bonchev–Trinajstić information content (AvgIpc) is 2.86. The van der Waals surface area contributed by atoms with Gasteiger partial charge in [-0.15, -0.1) is 0 Å². The van der Waals surface area contributed by atoms with E-state index in [9.17, 15) is 13.6 Å². The summed E-state index contributed by atoms with van der Waals surface area (Å²) in [6.45, 7) is 9.05. The first kappa shape index (κ1) is 26.4. The van der Waals surface area contributed by atoms with Gasteiger partial charge in [-0.3, -0.25) is 4.79 Å². The zero-order chi connectivity index (χ0) is 26.4. The van der Waals surface area contributed by atoms with Crippen molar-refractivity contribution < 1.29 is 18.3 Å². The second kappa shape index (κ2) is 12.1. The van der Waals surface area contributed by atoms with Crippen LogP contribution in [0, 0.1) is 25.5 Å². The van der Waals surface area contributed by atoms with Crippen molar-refractivity contribution in [2.45, 2.75) is 20.3 Å². The molecule has 1 aliphatic rings. The van der Waals surface area contributed by atoms with Crippen molar-refractivity contribution in [1.29, 1.82) is 0 Å². The van der Waals surface area contributed by atoms with Gasteiger partial charge in [0.15, 0.2) is 11.6 Å². The Morgan fingerprint density at radius 1 is 1.03 bits per heavy atom. The fourth-order valence-electron chi connectivity index (χ4n) is 4.17. The van der Waals surface area contributed by atoms with Crippen LogP contribution in [0.4, 0.5) is 26.1 Å². The molecule has 0 unspecified atom stereocenters. The number of hydrogen-bond acceptors (Lipinski definition) is 7. The highest BCUT2D eigenvalue weighted by Crippen LogP contribution is 2.24. The summed E-state index contributed by atoms with van der Waals surface area (Å²) in [6, 6.07) is 7.29. The predicted molar refractivity (Wildman–Crippen MR) is 140 cm³/mol. The van der Waals surface area contributed by atoms with E-state index in [0.29, 0.717) is 29.1 Å². The van der Waals surface area contributed by atoms with Gasteiger partial charge in [0.2, 0.25) is 5.95 Å². The number of nitrogens with zero attached hydrogens (tertiary/aromatic N) is 4. The van der Waals surface area contributed by atoms with E-state index in [2.05, 4.69) is 37.4 Å². The summed E-state index contributed by atoms with van der Waals surface area (Å²) in [7, 11) is 2.13. The first-order chi connectivity index (χ1) is 17.8. The third kappa shape index (κ3) is 7.21. The van der Waals surface area contributed by atoms with Crippen molar-refractivity contribution in [2.75, 3.05) is 57.0 Å². The summed E-state index contributed by atoms with van der Waals surface area (Å²) in [5.41, 5.74) is 2.48. The molecule has 8 nitrogen and oxygen atoms in total. The zero-order valence-corrected chi connectivity index (χ0v) is 21.4. The van der Waals surface area contributed by atoms with Crippen molar-refractivity contribution >= 4 is 23.2 Å². The molecule has 2 N–H and O–H groups in total. The summed E-state index contributed by atoms with van der Waals surface area (Å²) in [6.07, 6.45) is 3.57. The molecule has 4 rings (SSSR count). The molecule has 0 radical (unpaired) electrons. The Hall–Kier alpha value is -3.63. The molecular formula is C27H32F2N6O2. The minimum Gasteiger partial charge on any atom is -0.490 e. The smallest absolute Gasteiger partial charge is 0.258 e. The Balaban J connectivity index is 1.27. The maximum absolute atomic E-state index is 14.5. The number of aromatic nitrogens is 2. The molecule has 0 saturated carbocycles. The van der Waals surface area contributed by atoms with Crippen molar-refractivity contribution in [3.63, 3.8) is 0 Å². The summed E-state index contributed by atoms with van der Waals surface area (Å²) < 4.78 is 33.7. The number of benzene rings is 2. The third-order valence-electron chi connectivity index (χ3n) is 6.31. The number of aryl methyl sites for hydroxylation is 2. The van der Waals surface area contributed by atoms with Crippen LogP contribution < -0.4 is 15.4 Å². The molecule has 196 valence electrons. The molecule has 0 spiro atoms. The molecule has 1 saturated heterocycles. The number of nitrogens with one attached hydrogen (secondary N) is 2. The Morgan fingerprint density at radius 2 is 1.70 bits per heavy atom. The lowest BCUT2D eigenvalue weighted by atomic mass is 10.1. The lowest BCUT2D eigenvalue weighted by Gasteiger charge is -2.32. The molecule has 1 amide bonds. The molecule has 0 aliphatic carbocycles. The van der Waals surface area contributed by atoms with E-state index in [-0.39, 0.29) is 23.1 Å². The van der Waals surface area contributed by atoms with Crippen molar-refractivity contribution in [3.8, 4) is 5.75 Å². The Morgan fingerprint density at radius 3 is 2.35 bits per heavy atom. The summed E-state index contributed by atoms with van der Waals surface area (Å²) in [5, 5.41) is 5.70. The van der Waals surface area contributed by atoms with Crippen LogP contribution in [0.25, 0.3) is 0 Å². The SMILES string of the molecule is Cc1cc(F)cc(C)c1NC(=O)c1cnc(Nc2ccc(OCCCN3CCN(C)CC3)c(F)c2)nc1. The quantitative estimate of drug-likeness (QED) is 0.414. The van der Waals surface area contributed by atoms with Gasteiger partial charge in [0.05, 0.1) is 12.2 Å². The van der Waals surface area contributed by atoms with Crippen molar-refractivity contribution in [1.82, 2.24) is 19.8 Å². The molecule has 3 aromatic rings. The van der Waals surface area contributed by atoms with Crippen LogP contribution in [0.2, 0.25) is 0 Å². The second-order valence-corrected chi connectivity index (χ2v) is 9.28. The minimum atomic E-state index is -0.481. The van der Waals surface area contributed by atoms with Crippen LogP contribution in [0.5, 0.6) is 5.75 Å². The van der Waals surface area contributed by atoms with Crippen LogP contribution in [-0.2, 0) is 0 Å². The maximum Gasteiger partial charge on any atom is 0.258 e. The first-order valence-electron chi connectivity index (χ1n) is 12.3. The van der Waals surface area contributed by atoms with Gasteiger partial charge < -0.3 is 25.2 Å². The number of carbonyl (C=O) groups is 1. The van der Waals surface area contributed by atoms with Crippen LogP contribution in [0.1, 0.15) is 27.9 Å². The van der Waals surface area contributed by atoms with E-state index in [0.717, 1.165) is 39.1 Å². The summed E-state index contributed by atoms with van der Waals surface area (Å²) >= 11 is 0. The van der Waals surface area contributed by atoms with Crippen LogP contribution in [0.15, 0.2) is 42.7 Å². The Labute approximate surface area is 215 Å². The van der Waals surface area contributed by atoms with Crippen molar-refractivity contribution in [2.24, 2.45) is 0 Å². The monoisotopic (exact) mass is 510 g/mol. The Kier molecular flexibility index (Phi) is 8.62. The summed E-state index contributed by atoms with van der Waals surface area (Å²) in [5.74, 6) is -0.839. The highest BCUT2D eigenvalue weighted by Gasteiger charge is 2.14. The van der Waals surface area contributed by atoms with Crippen LogP contribution >= 0.6 is 0 Å². The number of hydrogen-bond donors (Lipinski definition) is 2. The highest BCUT2D eigenvalue weighted by molar-refractivity contribution is 6.04. The molecule has 1 aromatic heterocycles. The second-order valence-electron chi connectivity index (χ2n) is 9.28. The van der Waals surface area contributed by atoms with E-state index in [4.69, 9.17) is 4.74 Å². The van der Waals surface area contributed by atoms with Crippen molar-refractivity contribution in [3.05, 3.63) is 71.1 Å². The van der Waals surface area contributed by atoms with Gasteiger partial charge in [-0.25, -0.2) is 18.7 Å². The standard InChI is InChI=1S/C27H32F2N6O2/c1-18-13-21(28)14-19(2)25(18)33-26(36)20-16-30-27(31-17-20)32-22-5-6-24(23(29)15-22)37-12-4-7-35-10-8-34(3)9-11-35/h5-6,13-17H,4,7-12H2,1-3H3,(H,33,36)(H,30,31,32). The molecule has 0 atom stereocenters. The van der Waals surface area contributed by atoms with Gasteiger partial charge >= 0.3 is 0 Å². The molecule has 10 heteroatoms. The predicted octanol–water partition coefficient (Wildman–Crippen LogP) is 4.38. The number of amides is 1. The normalized spacial score (nSPS) is 14.4. The first-order valence-corrected chi connectivity index (χ1v) is 12.3. The number of carbonyl (C=O) groups excluding carboxylic acids is 1. The van der Waals surface area contributed by atoms with E-state index in [1.165, 1.54) is 30.6 Å². The van der Waals surface area contributed by atoms with Crippen LogP contribution in [0.3, 0.4) is 0 Å². The fraction of sp³-hybridized carbons (Fsp3) is 0.370. The van der Waals surface area contributed by atoms with Gasteiger partial charge in [-0.05, 0) is 62.7 Å². The fourth-order valence-corrected chi connectivity index (χ4v) is 4.17. The van der Waals surface area contributed by atoms with Gasteiger partial charge in [0.25, 0.3) is 5.91 Å². The molecule has 1 aliphatic heterocycles. The lowest BCUT2D eigenvalue weighted by molar-refractivity contribution is 0.102. The topological polar surface area (TPSA) is 82.6 Å². The van der Waals surface area contributed by atoms with Gasteiger partial charge in [-0.1, -0.05) is 0 Å². The third-order valence-corrected chi connectivity index (χ3v) is 6.31. The maximum atomic E-state index is 14.5. The van der Waals surface area contributed by atoms with Gasteiger partial charge in [0, 0.05) is 62.6 Å². The molecule has 37 heavy (non-hydrogen) atoms. The summed E-state index contributed by atoms with van der Waals surface area (Å²) in [4.78, 5) is 25.6. The lowest BCUT2D eigenvalue weighted by Crippen LogP contribution is -2.44. The highest BCUT2D eigenvalue weighted by atomic mass is 19.1. The number of likely N-dealkylation sites (N-methyl/N-ethyl adjacent to an activating group) is 1. The largest absolute Gasteiger partial charge is 0.490 e.